The Hall–Kier alpha value is -2.44. The first kappa shape index (κ1) is 16.4. The molecule has 1 aromatic carbocycles. The van der Waals surface area contributed by atoms with Crippen LogP contribution in [0.15, 0.2) is 22.6 Å². The summed E-state index contributed by atoms with van der Waals surface area (Å²) in [5, 5.41) is 10.5. The van der Waals surface area contributed by atoms with Gasteiger partial charge in [-0.15, -0.1) is 10.2 Å². The smallest absolute Gasteiger partial charge is 0.229 e. The topological polar surface area (TPSA) is 71.3 Å². The predicted octanol–water partition coefficient (Wildman–Crippen LogP) is 2.15. The Bertz CT molecular complexity index is 723. The van der Waals surface area contributed by atoms with Gasteiger partial charge < -0.3 is 14.6 Å². The van der Waals surface area contributed by atoms with Gasteiger partial charge in [-0.1, -0.05) is 6.07 Å². The number of hydrogen-bond acceptors (Lipinski definition) is 5. The predicted molar refractivity (Wildman–Crippen MR) is 87.3 cm³/mol. The molecule has 6 nitrogen and oxygen atoms in total. The highest BCUT2D eigenvalue weighted by Gasteiger charge is 2.23. The van der Waals surface area contributed by atoms with Crippen molar-refractivity contribution in [3.05, 3.63) is 41.4 Å². The number of aryl methyl sites for hydroxylation is 2. The van der Waals surface area contributed by atoms with Crippen LogP contribution in [0.1, 0.15) is 30.2 Å². The van der Waals surface area contributed by atoms with E-state index in [0.29, 0.717) is 30.6 Å². The van der Waals surface area contributed by atoms with Crippen molar-refractivity contribution in [3.63, 3.8) is 0 Å². The molecule has 1 aliphatic heterocycles. The number of anilines is 1. The summed E-state index contributed by atoms with van der Waals surface area (Å²) in [5.41, 5.74) is 1.68. The van der Waals surface area contributed by atoms with Gasteiger partial charge in [0.1, 0.15) is 12.2 Å². The molecule has 1 aromatic heterocycles. The first-order chi connectivity index (χ1) is 11.5. The Labute approximate surface area is 140 Å². The zero-order valence-electron chi connectivity index (χ0n) is 13.9. The Kier molecular flexibility index (Phi) is 4.78. The summed E-state index contributed by atoms with van der Waals surface area (Å²) in [6.45, 7) is 5.07. The summed E-state index contributed by atoms with van der Waals surface area (Å²) >= 11 is 0. The number of amides is 1. The molecule has 0 bridgehead atoms. The molecule has 0 spiro atoms. The molecular formula is C17H21FN4O2. The van der Waals surface area contributed by atoms with Gasteiger partial charge in [-0.25, -0.2) is 4.39 Å². The summed E-state index contributed by atoms with van der Waals surface area (Å²) in [7, 11) is 0. The van der Waals surface area contributed by atoms with E-state index in [9.17, 15) is 9.18 Å². The fourth-order valence-electron chi connectivity index (χ4n) is 2.95. The lowest BCUT2D eigenvalue weighted by Crippen LogP contribution is -2.45. The van der Waals surface area contributed by atoms with Crippen molar-refractivity contribution in [1.29, 1.82) is 0 Å². The number of nitrogens with zero attached hydrogens (tertiary/aromatic N) is 3. The van der Waals surface area contributed by atoms with Crippen molar-refractivity contribution in [3.8, 4) is 0 Å². The van der Waals surface area contributed by atoms with Crippen molar-refractivity contribution >= 4 is 11.6 Å². The fourth-order valence-corrected chi connectivity index (χ4v) is 2.95. The lowest BCUT2D eigenvalue weighted by Gasteiger charge is -2.34. The largest absolute Gasteiger partial charge is 0.425 e. The van der Waals surface area contributed by atoms with Crippen LogP contribution in [0.4, 0.5) is 10.1 Å². The van der Waals surface area contributed by atoms with Crippen molar-refractivity contribution in [2.75, 3.05) is 18.0 Å². The highest BCUT2D eigenvalue weighted by molar-refractivity contribution is 5.77. The van der Waals surface area contributed by atoms with Gasteiger partial charge >= 0.3 is 0 Å². The first-order valence-corrected chi connectivity index (χ1v) is 8.10. The molecule has 2 aromatic rings. The van der Waals surface area contributed by atoms with E-state index in [0.717, 1.165) is 18.4 Å². The maximum absolute atomic E-state index is 14.0. The Morgan fingerprint density at radius 1 is 1.33 bits per heavy atom. The van der Waals surface area contributed by atoms with Gasteiger partial charge in [-0.05, 0) is 37.5 Å². The van der Waals surface area contributed by atoms with Crippen molar-refractivity contribution in [2.24, 2.45) is 0 Å². The molecule has 2 heterocycles. The van der Waals surface area contributed by atoms with E-state index in [4.69, 9.17) is 4.42 Å². The molecule has 0 atom stereocenters. The summed E-state index contributed by atoms with van der Waals surface area (Å²) in [5.74, 6) is 0.448. The third-order valence-corrected chi connectivity index (χ3v) is 4.18. The highest BCUT2D eigenvalue weighted by Crippen LogP contribution is 2.24. The van der Waals surface area contributed by atoms with Gasteiger partial charge in [0.15, 0.2) is 0 Å². The minimum absolute atomic E-state index is 0.0886. The van der Waals surface area contributed by atoms with Crippen molar-refractivity contribution < 1.29 is 13.6 Å². The van der Waals surface area contributed by atoms with Gasteiger partial charge in [0.25, 0.3) is 0 Å². The number of benzene rings is 1. The molecule has 3 rings (SSSR count). The van der Waals surface area contributed by atoms with Gasteiger partial charge in [-0.2, -0.15) is 0 Å². The molecule has 7 heteroatoms. The average Bonchev–Trinajstić information content (AvgIpc) is 2.95. The fraction of sp³-hybridized carbons (Fsp3) is 0.471. The highest BCUT2D eigenvalue weighted by atomic mass is 19.1. The van der Waals surface area contributed by atoms with E-state index in [-0.39, 0.29) is 24.2 Å². The lowest BCUT2D eigenvalue weighted by atomic mass is 10.0. The molecule has 0 saturated carbocycles. The molecule has 1 saturated heterocycles. The zero-order valence-corrected chi connectivity index (χ0v) is 13.9. The number of halogens is 1. The van der Waals surface area contributed by atoms with Crippen LogP contribution in [0.3, 0.4) is 0 Å². The average molecular weight is 332 g/mol. The summed E-state index contributed by atoms with van der Waals surface area (Å²) in [6, 6.07) is 5.23. The van der Waals surface area contributed by atoms with E-state index in [2.05, 4.69) is 15.5 Å². The maximum Gasteiger partial charge on any atom is 0.229 e. The number of carbonyl (C=O) groups is 1. The number of rotatable bonds is 4. The minimum atomic E-state index is -0.199. The van der Waals surface area contributed by atoms with Crippen LogP contribution in [0.2, 0.25) is 0 Å². The van der Waals surface area contributed by atoms with Crippen LogP contribution in [0.25, 0.3) is 0 Å². The number of piperidine rings is 1. The molecule has 1 fully saturated rings. The quantitative estimate of drug-likeness (QED) is 0.929. The van der Waals surface area contributed by atoms with Crippen LogP contribution >= 0.6 is 0 Å². The molecular weight excluding hydrogens is 311 g/mol. The third-order valence-electron chi connectivity index (χ3n) is 4.18. The van der Waals surface area contributed by atoms with Crippen LogP contribution < -0.4 is 10.2 Å². The van der Waals surface area contributed by atoms with E-state index in [1.807, 2.05) is 17.9 Å². The Morgan fingerprint density at radius 3 is 2.75 bits per heavy atom. The molecule has 0 radical (unpaired) electrons. The molecule has 1 N–H and O–H groups in total. The van der Waals surface area contributed by atoms with E-state index < -0.39 is 0 Å². The second-order valence-electron chi connectivity index (χ2n) is 6.18. The zero-order chi connectivity index (χ0) is 17.1. The second-order valence-corrected chi connectivity index (χ2v) is 6.18. The molecule has 128 valence electrons. The second kappa shape index (κ2) is 6.98. The lowest BCUT2D eigenvalue weighted by molar-refractivity contribution is -0.121. The third kappa shape index (κ3) is 3.90. The molecule has 24 heavy (non-hydrogen) atoms. The van der Waals surface area contributed by atoms with Crippen LogP contribution in [0.5, 0.6) is 0 Å². The molecule has 0 aliphatic carbocycles. The van der Waals surface area contributed by atoms with Gasteiger partial charge in [-0.3, -0.25) is 4.79 Å². The molecule has 0 unspecified atom stereocenters. The van der Waals surface area contributed by atoms with Gasteiger partial charge in [0.2, 0.25) is 17.7 Å². The Balaban J connectivity index is 1.51. The minimum Gasteiger partial charge on any atom is -0.425 e. The van der Waals surface area contributed by atoms with Gasteiger partial charge in [0.05, 0.1) is 5.69 Å². The number of hydrogen-bond donors (Lipinski definition) is 1. The number of carbonyl (C=O) groups excluding carboxylic acids is 1. The standard InChI is InChI=1S/C17H21FN4O2/c1-11-3-4-14(18)15(9-11)22-7-5-13(6-8-22)19-16(23)10-17-21-20-12(2)24-17/h3-4,9,13H,5-8,10H2,1-2H3,(H,19,23). The summed E-state index contributed by atoms with van der Waals surface area (Å²) in [4.78, 5) is 14.1. The maximum atomic E-state index is 14.0. The first-order valence-electron chi connectivity index (χ1n) is 8.10. The van der Waals surface area contributed by atoms with E-state index in [1.165, 1.54) is 6.07 Å². The Morgan fingerprint density at radius 2 is 2.08 bits per heavy atom. The normalized spacial score (nSPS) is 15.5. The van der Waals surface area contributed by atoms with Gasteiger partial charge in [0, 0.05) is 26.1 Å². The van der Waals surface area contributed by atoms with Crippen molar-refractivity contribution in [2.45, 2.75) is 39.2 Å². The van der Waals surface area contributed by atoms with Crippen molar-refractivity contribution in [1.82, 2.24) is 15.5 Å². The number of nitrogens with one attached hydrogen (secondary N) is 1. The molecule has 1 amide bonds. The molecule has 1 aliphatic rings. The van der Waals surface area contributed by atoms with Crippen LogP contribution in [-0.2, 0) is 11.2 Å². The monoisotopic (exact) mass is 332 g/mol. The van der Waals surface area contributed by atoms with Crippen LogP contribution in [0, 0.1) is 19.7 Å². The number of aromatic nitrogens is 2. The summed E-state index contributed by atoms with van der Waals surface area (Å²) < 4.78 is 19.2. The van der Waals surface area contributed by atoms with E-state index in [1.54, 1.807) is 13.0 Å². The van der Waals surface area contributed by atoms with Crippen LogP contribution in [-0.4, -0.2) is 35.2 Å². The SMILES string of the molecule is Cc1ccc(F)c(N2CCC(NC(=O)Cc3nnc(C)o3)CC2)c1. The van der Waals surface area contributed by atoms with E-state index >= 15 is 0 Å². The summed E-state index contributed by atoms with van der Waals surface area (Å²) in [6.07, 6.45) is 1.65.